The first-order valence-electron chi connectivity index (χ1n) is 6.88. The SMILES string of the molecule is CC(C)(CCC(=O)O)NC(=O)c1ccc(-n2ccnn2)cc1. The van der Waals surface area contributed by atoms with Crippen LogP contribution < -0.4 is 5.32 Å². The van der Waals surface area contributed by atoms with Crippen LogP contribution in [0.2, 0.25) is 0 Å². The van der Waals surface area contributed by atoms with E-state index >= 15 is 0 Å². The number of nitrogens with zero attached hydrogens (tertiary/aromatic N) is 3. The maximum absolute atomic E-state index is 12.2. The number of aliphatic carboxylic acids is 1. The van der Waals surface area contributed by atoms with E-state index in [1.54, 1.807) is 55.2 Å². The molecule has 0 saturated carbocycles. The molecule has 0 unspecified atom stereocenters. The average molecular weight is 302 g/mol. The summed E-state index contributed by atoms with van der Waals surface area (Å²) in [5, 5.41) is 19.2. The zero-order valence-electron chi connectivity index (χ0n) is 12.5. The van der Waals surface area contributed by atoms with E-state index < -0.39 is 11.5 Å². The number of aromatic nitrogens is 3. The minimum absolute atomic E-state index is 0.0124. The molecule has 0 bridgehead atoms. The topological polar surface area (TPSA) is 97.1 Å². The zero-order valence-corrected chi connectivity index (χ0v) is 12.5. The van der Waals surface area contributed by atoms with Gasteiger partial charge in [-0.1, -0.05) is 5.21 Å². The van der Waals surface area contributed by atoms with Crippen LogP contribution in [0.15, 0.2) is 36.7 Å². The Bertz CT molecular complexity index is 648. The fourth-order valence-electron chi connectivity index (χ4n) is 1.97. The highest BCUT2D eigenvalue weighted by Gasteiger charge is 2.22. The summed E-state index contributed by atoms with van der Waals surface area (Å²) in [6.07, 6.45) is 3.67. The first kappa shape index (κ1) is 15.7. The summed E-state index contributed by atoms with van der Waals surface area (Å²) in [6.45, 7) is 3.61. The molecule has 1 aromatic carbocycles. The van der Waals surface area contributed by atoms with Gasteiger partial charge < -0.3 is 10.4 Å². The molecule has 0 atom stereocenters. The van der Waals surface area contributed by atoms with Crippen LogP contribution >= 0.6 is 0 Å². The quantitative estimate of drug-likeness (QED) is 0.845. The Morgan fingerprint density at radius 1 is 1.27 bits per heavy atom. The highest BCUT2D eigenvalue weighted by atomic mass is 16.4. The molecule has 2 N–H and O–H groups in total. The average Bonchev–Trinajstić information content (AvgIpc) is 2.99. The molecule has 2 rings (SSSR count). The van der Waals surface area contributed by atoms with Crippen molar-refractivity contribution in [2.24, 2.45) is 0 Å². The molecular weight excluding hydrogens is 284 g/mol. The predicted octanol–water partition coefficient (Wildman–Crippen LogP) is 1.64. The third-order valence-corrected chi connectivity index (χ3v) is 3.23. The van der Waals surface area contributed by atoms with Gasteiger partial charge in [0.15, 0.2) is 0 Å². The number of benzene rings is 1. The fraction of sp³-hybridized carbons (Fsp3) is 0.333. The van der Waals surface area contributed by atoms with Crippen molar-refractivity contribution in [2.75, 3.05) is 0 Å². The Morgan fingerprint density at radius 3 is 2.50 bits per heavy atom. The highest BCUT2D eigenvalue weighted by Crippen LogP contribution is 2.14. The van der Waals surface area contributed by atoms with Crippen molar-refractivity contribution in [2.45, 2.75) is 32.2 Å². The Balaban J connectivity index is 2.02. The number of carbonyl (C=O) groups excluding carboxylic acids is 1. The Labute approximate surface area is 128 Å². The van der Waals surface area contributed by atoms with E-state index in [1.807, 2.05) is 0 Å². The van der Waals surface area contributed by atoms with Gasteiger partial charge in [0.05, 0.1) is 18.1 Å². The van der Waals surface area contributed by atoms with E-state index in [-0.39, 0.29) is 12.3 Å². The molecule has 116 valence electrons. The lowest BCUT2D eigenvalue weighted by Crippen LogP contribution is -2.43. The van der Waals surface area contributed by atoms with Crippen molar-refractivity contribution in [3.8, 4) is 5.69 Å². The van der Waals surface area contributed by atoms with Crippen molar-refractivity contribution in [1.29, 1.82) is 0 Å². The number of hydrogen-bond donors (Lipinski definition) is 2. The molecule has 1 amide bonds. The Morgan fingerprint density at radius 2 is 1.95 bits per heavy atom. The van der Waals surface area contributed by atoms with Crippen molar-refractivity contribution < 1.29 is 14.7 Å². The van der Waals surface area contributed by atoms with Crippen LogP contribution in [-0.2, 0) is 4.79 Å². The van der Waals surface area contributed by atoms with Crippen molar-refractivity contribution in [3.05, 3.63) is 42.2 Å². The van der Waals surface area contributed by atoms with Gasteiger partial charge in [-0.2, -0.15) is 0 Å². The van der Waals surface area contributed by atoms with Gasteiger partial charge in [-0.15, -0.1) is 5.10 Å². The minimum atomic E-state index is -0.875. The first-order chi connectivity index (χ1) is 10.4. The summed E-state index contributed by atoms with van der Waals surface area (Å²) >= 11 is 0. The molecule has 0 aliphatic heterocycles. The first-order valence-corrected chi connectivity index (χ1v) is 6.88. The smallest absolute Gasteiger partial charge is 0.303 e. The second kappa shape index (κ2) is 6.38. The van der Waals surface area contributed by atoms with Crippen LogP contribution in [0.4, 0.5) is 0 Å². The second-order valence-corrected chi connectivity index (χ2v) is 5.63. The molecule has 0 radical (unpaired) electrons. The summed E-state index contributed by atoms with van der Waals surface area (Å²) in [5.41, 5.74) is 0.728. The van der Waals surface area contributed by atoms with Gasteiger partial charge in [-0.3, -0.25) is 9.59 Å². The number of nitrogens with one attached hydrogen (secondary N) is 1. The van der Waals surface area contributed by atoms with Crippen molar-refractivity contribution in [3.63, 3.8) is 0 Å². The van der Waals surface area contributed by atoms with Crippen molar-refractivity contribution >= 4 is 11.9 Å². The fourth-order valence-corrected chi connectivity index (χ4v) is 1.97. The molecule has 0 fully saturated rings. The number of amides is 1. The summed E-state index contributed by atoms with van der Waals surface area (Å²) in [6, 6.07) is 6.93. The number of rotatable bonds is 6. The van der Waals surface area contributed by atoms with E-state index in [9.17, 15) is 9.59 Å². The summed E-state index contributed by atoms with van der Waals surface area (Å²) < 4.78 is 1.60. The minimum Gasteiger partial charge on any atom is -0.481 e. The van der Waals surface area contributed by atoms with Gasteiger partial charge in [0.1, 0.15) is 0 Å². The van der Waals surface area contributed by atoms with Crippen LogP contribution in [0.3, 0.4) is 0 Å². The van der Waals surface area contributed by atoms with Gasteiger partial charge in [0, 0.05) is 17.5 Å². The lowest BCUT2D eigenvalue weighted by molar-refractivity contribution is -0.137. The molecule has 0 aliphatic rings. The predicted molar refractivity (Wildman–Crippen MR) is 79.8 cm³/mol. The Hall–Kier alpha value is -2.70. The van der Waals surface area contributed by atoms with Crippen LogP contribution in [0.25, 0.3) is 5.69 Å². The Kier molecular flexibility index (Phi) is 4.55. The lowest BCUT2D eigenvalue weighted by Gasteiger charge is -2.25. The number of carboxylic acid groups (broad SMARTS) is 1. The molecular formula is C15H18N4O3. The molecule has 22 heavy (non-hydrogen) atoms. The summed E-state index contributed by atoms with van der Waals surface area (Å²) in [5.74, 6) is -1.11. The number of hydrogen-bond acceptors (Lipinski definition) is 4. The molecule has 1 aromatic heterocycles. The number of carboxylic acids is 1. The zero-order chi connectivity index (χ0) is 16.2. The maximum Gasteiger partial charge on any atom is 0.303 e. The number of carbonyl (C=O) groups is 2. The van der Waals surface area contributed by atoms with Gasteiger partial charge in [-0.25, -0.2) is 4.68 Å². The third kappa shape index (κ3) is 4.15. The van der Waals surface area contributed by atoms with E-state index in [2.05, 4.69) is 15.6 Å². The normalized spacial score (nSPS) is 11.2. The molecule has 0 saturated heterocycles. The monoisotopic (exact) mass is 302 g/mol. The third-order valence-electron chi connectivity index (χ3n) is 3.23. The second-order valence-electron chi connectivity index (χ2n) is 5.63. The largest absolute Gasteiger partial charge is 0.481 e. The summed E-state index contributed by atoms with van der Waals surface area (Å²) in [4.78, 5) is 22.8. The molecule has 7 nitrogen and oxygen atoms in total. The van der Waals surface area contributed by atoms with Crippen LogP contribution in [-0.4, -0.2) is 37.5 Å². The van der Waals surface area contributed by atoms with Gasteiger partial charge in [0.2, 0.25) is 0 Å². The maximum atomic E-state index is 12.2. The van der Waals surface area contributed by atoms with E-state index in [0.29, 0.717) is 12.0 Å². The summed E-state index contributed by atoms with van der Waals surface area (Å²) in [7, 11) is 0. The highest BCUT2D eigenvalue weighted by molar-refractivity contribution is 5.94. The molecule has 7 heteroatoms. The van der Waals surface area contributed by atoms with Crippen molar-refractivity contribution in [1.82, 2.24) is 20.3 Å². The molecule has 0 spiro atoms. The van der Waals surface area contributed by atoms with Crippen LogP contribution in [0, 0.1) is 0 Å². The lowest BCUT2D eigenvalue weighted by atomic mass is 9.97. The van der Waals surface area contributed by atoms with E-state index in [0.717, 1.165) is 5.69 Å². The van der Waals surface area contributed by atoms with Gasteiger partial charge >= 0.3 is 5.97 Å². The van der Waals surface area contributed by atoms with Crippen LogP contribution in [0.5, 0.6) is 0 Å². The molecule has 2 aromatic rings. The molecule has 0 aliphatic carbocycles. The van der Waals surface area contributed by atoms with Crippen LogP contribution in [0.1, 0.15) is 37.0 Å². The standard InChI is InChI=1S/C15H18N4O3/c1-15(2,8-7-13(20)21)17-14(22)11-3-5-12(6-4-11)19-10-9-16-18-19/h3-6,9-10H,7-8H2,1-2H3,(H,17,22)(H,20,21). The van der Waals surface area contributed by atoms with E-state index in [1.165, 1.54) is 0 Å². The van der Waals surface area contributed by atoms with Gasteiger partial charge in [-0.05, 0) is 44.5 Å². The van der Waals surface area contributed by atoms with E-state index in [4.69, 9.17) is 5.11 Å². The van der Waals surface area contributed by atoms with Gasteiger partial charge in [0.25, 0.3) is 5.91 Å². The molecule has 1 heterocycles.